The van der Waals surface area contributed by atoms with Crippen molar-refractivity contribution in [3.8, 4) is 10.6 Å². The Hall–Kier alpha value is -0.610. The highest BCUT2D eigenvalue weighted by molar-refractivity contribution is 7.15. The van der Waals surface area contributed by atoms with Crippen molar-refractivity contribution in [2.45, 2.75) is 13.0 Å². The van der Waals surface area contributed by atoms with E-state index < -0.39 is 0 Å². The summed E-state index contributed by atoms with van der Waals surface area (Å²) in [6.45, 7) is 2.09. The minimum atomic E-state index is 0.280. The number of thiazole rings is 1. The average Bonchev–Trinajstić information content (AvgIpc) is 2.77. The summed E-state index contributed by atoms with van der Waals surface area (Å²) >= 11 is 13.9. The zero-order chi connectivity index (χ0) is 12.4. The van der Waals surface area contributed by atoms with E-state index in [1.807, 2.05) is 31.4 Å². The predicted octanol–water partition coefficient (Wildman–Crippen LogP) is 4.40. The number of hydrogen-bond donors (Lipinski definition) is 1. The third-order valence-electron chi connectivity index (χ3n) is 2.56. The van der Waals surface area contributed by atoms with E-state index in [2.05, 4.69) is 17.2 Å². The van der Waals surface area contributed by atoms with Gasteiger partial charge in [-0.15, -0.1) is 11.3 Å². The first kappa shape index (κ1) is 12.8. The van der Waals surface area contributed by atoms with Crippen LogP contribution in [0, 0.1) is 0 Å². The van der Waals surface area contributed by atoms with Gasteiger partial charge in [0, 0.05) is 22.7 Å². The van der Waals surface area contributed by atoms with E-state index >= 15 is 0 Å². The second-order valence-corrected chi connectivity index (χ2v) is 5.55. The van der Waals surface area contributed by atoms with Gasteiger partial charge < -0.3 is 5.32 Å². The van der Waals surface area contributed by atoms with Crippen molar-refractivity contribution < 1.29 is 0 Å². The molecule has 0 saturated carbocycles. The van der Waals surface area contributed by atoms with Gasteiger partial charge in [0.2, 0.25) is 0 Å². The molecule has 0 amide bonds. The van der Waals surface area contributed by atoms with E-state index in [0.717, 1.165) is 10.6 Å². The predicted molar refractivity (Wildman–Crippen MR) is 75.0 cm³/mol. The molecule has 2 rings (SSSR count). The molecule has 0 fully saturated rings. The lowest BCUT2D eigenvalue weighted by Crippen LogP contribution is -2.10. The molecule has 2 nitrogen and oxygen atoms in total. The van der Waals surface area contributed by atoms with Crippen LogP contribution < -0.4 is 5.32 Å². The van der Waals surface area contributed by atoms with Gasteiger partial charge in [-0.25, -0.2) is 4.98 Å². The summed E-state index contributed by atoms with van der Waals surface area (Å²) in [5.41, 5.74) is 0.815. The fourth-order valence-electron chi connectivity index (χ4n) is 1.45. The number of halogens is 2. The van der Waals surface area contributed by atoms with Gasteiger partial charge in [-0.3, -0.25) is 0 Å². The molecule has 5 heteroatoms. The highest BCUT2D eigenvalue weighted by Gasteiger charge is 2.14. The largest absolute Gasteiger partial charge is 0.312 e. The van der Waals surface area contributed by atoms with Crippen LogP contribution in [-0.4, -0.2) is 12.0 Å². The van der Waals surface area contributed by atoms with E-state index in [1.165, 1.54) is 4.88 Å². The van der Waals surface area contributed by atoms with Crippen molar-refractivity contribution in [2.75, 3.05) is 7.05 Å². The van der Waals surface area contributed by atoms with Crippen LogP contribution in [-0.2, 0) is 0 Å². The van der Waals surface area contributed by atoms with Crippen molar-refractivity contribution in [1.29, 1.82) is 0 Å². The van der Waals surface area contributed by atoms with E-state index in [-0.39, 0.29) is 6.04 Å². The van der Waals surface area contributed by atoms with Crippen molar-refractivity contribution in [3.63, 3.8) is 0 Å². The fraction of sp³-hybridized carbons (Fsp3) is 0.250. The Morgan fingerprint density at radius 3 is 2.53 bits per heavy atom. The first-order valence-corrected chi connectivity index (χ1v) is 6.78. The Bertz CT molecular complexity index is 505. The van der Waals surface area contributed by atoms with Crippen LogP contribution in [0.4, 0.5) is 0 Å². The average molecular weight is 287 g/mol. The van der Waals surface area contributed by atoms with Crippen molar-refractivity contribution in [1.82, 2.24) is 10.3 Å². The van der Waals surface area contributed by atoms with Crippen LogP contribution in [0.3, 0.4) is 0 Å². The Morgan fingerprint density at radius 2 is 1.94 bits per heavy atom. The molecule has 90 valence electrons. The molecule has 0 aliphatic rings. The van der Waals surface area contributed by atoms with Gasteiger partial charge in [0.25, 0.3) is 0 Å². The third kappa shape index (κ3) is 2.63. The van der Waals surface area contributed by atoms with Crippen molar-refractivity contribution in [3.05, 3.63) is 39.3 Å². The lowest BCUT2D eigenvalue weighted by molar-refractivity contribution is 0.662. The van der Waals surface area contributed by atoms with Gasteiger partial charge in [0.05, 0.1) is 10.0 Å². The molecule has 1 unspecified atom stereocenters. The molecule has 1 aromatic carbocycles. The van der Waals surface area contributed by atoms with E-state index in [1.54, 1.807) is 11.3 Å². The first-order chi connectivity index (χ1) is 8.13. The van der Waals surface area contributed by atoms with Crippen LogP contribution in [0.25, 0.3) is 10.6 Å². The van der Waals surface area contributed by atoms with Gasteiger partial charge in [0.1, 0.15) is 5.01 Å². The molecular weight excluding hydrogens is 275 g/mol. The van der Waals surface area contributed by atoms with Crippen molar-refractivity contribution in [2.24, 2.45) is 0 Å². The quantitative estimate of drug-likeness (QED) is 0.905. The van der Waals surface area contributed by atoms with Crippen LogP contribution in [0.2, 0.25) is 10.0 Å². The molecule has 0 aliphatic carbocycles. The Kier molecular flexibility index (Phi) is 4.05. The Labute approximate surface area is 115 Å². The molecule has 1 aromatic heterocycles. The molecule has 1 atom stereocenters. The third-order valence-corrected chi connectivity index (χ3v) is 4.39. The maximum absolute atomic E-state index is 6.15. The highest BCUT2D eigenvalue weighted by atomic mass is 35.5. The van der Waals surface area contributed by atoms with E-state index in [9.17, 15) is 0 Å². The second-order valence-electron chi connectivity index (χ2n) is 3.67. The summed E-state index contributed by atoms with van der Waals surface area (Å²) in [6, 6.07) is 5.76. The number of hydrogen-bond acceptors (Lipinski definition) is 3. The Balaban J connectivity index is 2.44. The topological polar surface area (TPSA) is 24.9 Å². The van der Waals surface area contributed by atoms with Gasteiger partial charge in [0.15, 0.2) is 0 Å². The minimum Gasteiger partial charge on any atom is -0.312 e. The number of nitrogens with one attached hydrogen (secondary N) is 1. The maximum atomic E-state index is 6.15. The van der Waals surface area contributed by atoms with Crippen LogP contribution in [0.1, 0.15) is 17.8 Å². The lowest BCUT2D eigenvalue weighted by atomic mass is 10.2. The van der Waals surface area contributed by atoms with E-state index in [4.69, 9.17) is 23.2 Å². The summed E-state index contributed by atoms with van der Waals surface area (Å²) in [4.78, 5) is 5.55. The number of nitrogens with zero attached hydrogens (tertiary/aromatic N) is 1. The maximum Gasteiger partial charge on any atom is 0.126 e. The van der Waals surface area contributed by atoms with Gasteiger partial charge >= 0.3 is 0 Å². The zero-order valence-electron chi connectivity index (χ0n) is 9.50. The second kappa shape index (κ2) is 5.36. The molecule has 0 aliphatic heterocycles. The summed E-state index contributed by atoms with van der Waals surface area (Å²) in [5.74, 6) is 0. The van der Waals surface area contributed by atoms with Gasteiger partial charge in [-0.2, -0.15) is 0 Å². The number of aromatic nitrogens is 1. The molecule has 0 radical (unpaired) electrons. The van der Waals surface area contributed by atoms with Crippen LogP contribution >= 0.6 is 34.5 Å². The van der Waals surface area contributed by atoms with Gasteiger partial charge in [-0.05, 0) is 26.1 Å². The molecule has 1 heterocycles. The zero-order valence-corrected chi connectivity index (χ0v) is 11.8. The standard InChI is InChI=1S/C12H12Cl2N2S/c1-7(15-2)10-6-16-12(17-10)11-8(13)4-3-5-9(11)14/h3-7,15H,1-2H3. The van der Waals surface area contributed by atoms with Crippen molar-refractivity contribution >= 4 is 34.5 Å². The smallest absolute Gasteiger partial charge is 0.126 e. The fourth-order valence-corrected chi connectivity index (χ4v) is 3.19. The number of rotatable bonds is 3. The summed E-state index contributed by atoms with van der Waals surface area (Å²) in [6.07, 6.45) is 1.86. The minimum absolute atomic E-state index is 0.280. The number of benzene rings is 1. The summed E-state index contributed by atoms with van der Waals surface area (Å²) < 4.78 is 0. The molecule has 17 heavy (non-hydrogen) atoms. The highest BCUT2D eigenvalue weighted by Crippen LogP contribution is 2.37. The SMILES string of the molecule is CNC(C)c1cnc(-c2c(Cl)cccc2Cl)s1. The van der Waals surface area contributed by atoms with Crippen LogP contribution in [0.15, 0.2) is 24.4 Å². The van der Waals surface area contributed by atoms with Crippen LogP contribution in [0.5, 0.6) is 0 Å². The molecule has 2 aromatic rings. The normalized spacial score (nSPS) is 12.7. The summed E-state index contributed by atoms with van der Waals surface area (Å²) in [5, 5.41) is 5.31. The molecule has 0 bridgehead atoms. The van der Waals surface area contributed by atoms with E-state index in [0.29, 0.717) is 10.0 Å². The summed E-state index contributed by atoms with van der Waals surface area (Å²) in [7, 11) is 1.92. The Morgan fingerprint density at radius 1 is 1.29 bits per heavy atom. The first-order valence-electron chi connectivity index (χ1n) is 5.21. The van der Waals surface area contributed by atoms with Gasteiger partial charge in [-0.1, -0.05) is 29.3 Å². The monoisotopic (exact) mass is 286 g/mol. The molecule has 1 N–H and O–H groups in total. The molecule has 0 saturated heterocycles. The lowest BCUT2D eigenvalue weighted by Gasteiger charge is -2.05. The molecular formula is C12H12Cl2N2S. The molecule has 0 spiro atoms.